The van der Waals surface area contributed by atoms with E-state index in [2.05, 4.69) is 14.0 Å². The molecule has 1 fully saturated rings. The summed E-state index contributed by atoms with van der Waals surface area (Å²) in [6.45, 7) is 0.932. The van der Waals surface area contributed by atoms with Gasteiger partial charge in [-0.2, -0.15) is 21.6 Å². The first-order valence-electron chi connectivity index (χ1n) is 7.35. The van der Waals surface area contributed by atoms with Crippen LogP contribution >= 0.6 is 0 Å². The molecule has 1 heterocycles. The van der Waals surface area contributed by atoms with Crippen LogP contribution in [0.1, 0.15) is 12.8 Å². The van der Waals surface area contributed by atoms with Gasteiger partial charge in [0.1, 0.15) is 5.75 Å². The Morgan fingerprint density at radius 2 is 1.85 bits per heavy atom. The minimum atomic E-state index is -5.65. The summed E-state index contributed by atoms with van der Waals surface area (Å²) in [4.78, 5) is 0. The zero-order valence-electron chi connectivity index (χ0n) is 13.3. The third-order valence-corrected chi connectivity index (χ3v) is 5.78. The molecule has 0 saturated carbocycles. The van der Waals surface area contributed by atoms with Crippen LogP contribution in [0.25, 0.3) is 0 Å². The van der Waals surface area contributed by atoms with Crippen molar-refractivity contribution in [3.8, 4) is 15.6 Å². The van der Waals surface area contributed by atoms with Crippen LogP contribution in [0.3, 0.4) is 0 Å². The lowest BCUT2D eigenvalue weighted by atomic mass is 10.3. The second-order valence-corrected chi connectivity index (χ2v) is 8.67. The SMILES string of the molecule is O=S(=O)(Oc1ccc([I+]C#CCCOC2OCCCO2)cc1)C(F)(F)F. The smallest absolute Gasteiger partial charge is 0.376 e. The molecule has 6 nitrogen and oxygen atoms in total. The zero-order chi connectivity index (χ0) is 19.0. The van der Waals surface area contributed by atoms with E-state index in [1.165, 1.54) is 24.3 Å². The van der Waals surface area contributed by atoms with E-state index in [4.69, 9.17) is 14.2 Å². The normalized spacial score (nSPS) is 16.0. The van der Waals surface area contributed by atoms with E-state index in [0.717, 1.165) is 9.99 Å². The molecule has 1 aromatic carbocycles. The average molecular weight is 507 g/mol. The van der Waals surface area contributed by atoms with Crippen molar-refractivity contribution in [1.82, 2.24) is 0 Å². The van der Waals surface area contributed by atoms with Gasteiger partial charge >= 0.3 is 36.8 Å². The van der Waals surface area contributed by atoms with Crippen LogP contribution in [0.2, 0.25) is 0 Å². The van der Waals surface area contributed by atoms with Gasteiger partial charge in [0.15, 0.2) is 3.93 Å². The maximum atomic E-state index is 12.2. The molecule has 0 amide bonds. The second-order valence-electron chi connectivity index (χ2n) is 4.81. The van der Waals surface area contributed by atoms with E-state index in [0.29, 0.717) is 26.2 Å². The quantitative estimate of drug-likeness (QED) is 0.166. The Bertz CT molecular complexity index is 733. The molecular formula is C15H15F3IO6S+. The number of ether oxygens (including phenoxy) is 3. The van der Waals surface area contributed by atoms with Gasteiger partial charge in [-0.3, -0.25) is 0 Å². The molecule has 0 radical (unpaired) electrons. The average Bonchev–Trinajstić information content (AvgIpc) is 2.59. The van der Waals surface area contributed by atoms with Gasteiger partial charge in [0.05, 0.1) is 19.8 Å². The predicted molar refractivity (Wildman–Crippen MR) is 79.4 cm³/mol. The maximum absolute atomic E-state index is 12.2. The molecule has 0 N–H and O–H groups in total. The Morgan fingerprint density at radius 1 is 1.19 bits per heavy atom. The summed E-state index contributed by atoms with van der Waals surface area (Å²) in [6.07, 6.45) is 1.34. The van der Waals surface area contributed by atoms with Gasteiger partial charge in [0.25, 0.3) is 6.48 Å². The minimum absolute atomic E-state index is 0.365. The van der Waals surface area contributed by atoms with Gasteiger partial charge in [-0.15, -0.1) is 0 Å². The molecule has 1 saturated heterocycles. The molecule has 0 unspecified atom stereocenters. The summed E-state index contributed by atoms with van der Waals surface area (Å²) >= 11 is -0.683. The van der Waals surface area contributed by atoms with E-state index in [1.807, 2.05) is 0 Å². The minimum Gasteiger partial charge on any atom is -0.376 e. The highest BCUT2D eigenvalue weighted by Gasteiger charge is 2.48. The van der Waals surface area contributed by atoms with Crippen molar-refractivity contribution in [1.29, 1.82) is 0 Å². The fraction of sp³-hybridized carbons (Fsp3) is 0.467. The first kappa shape index (κ1) is 21.2. The van der Waals surface area contributed by atoms with Crippen LogP contribution in [0.15, 0.2) is 24.3 Å². The molecule has 0 aliphatic carbocycles. The van der Waals surface area contributed by atoms with Gasteiger partial charge in [-0.05, 0) is 36.6 Å². The third-order valence-electron chi connectivity index (χ3n) is 2.80. The van der Waals surface area contributed by atoms with E-state index in [-0.39, 0.29) is 0 Å². The first-order chi connectivity index (χ1) is 12.3. The standard InChI is InChI=1S/C15H15F3IO6S/c16-15(17,18)26(20,21)25-13-6-4-12(5-7-13)19-8-1-2-9-22-14-23-10-3-11-24-14/h4-7,14H,2-3,9-11H2/q+1. The number of halogens is 4. The van der Waals surface area contributed by atoms with Gasteiger partial charge in [0.2, 0.25) is 3.57 Å². The van der Waals surface area contributed by atoms with Crippen LogP contribution in [0.5, 0.6) is 5.75 Å². The molecule has 11 heteroatoms. The lowest BCUT2D eigenvalue weighted by Crippen LogP contribution is -3.59. The van der Waals surface area contributed by atoms with Crippen molar-refractivity contribution in [3.63, 3.8) is 0 Å². The Labute approximate surface area is 159 Å². The molecule has 2 rings (SSSR count). The molecule has 0 spiro atoms. The van der Waals surface area contributed by atoms with Crippen LogP contribution in [-0.2, 0) is 24.3 Å². The lowest BCUT2D eigenvalue weighted by Gasteiger charge is -2.22. The Balaban J connectivity index is 1.74. The van der Waals surface area contributed by atoms with Gasteiger partial charge < -0.3 is 18.4 Å². The summed E-state index contributed by atoms with van der Waals surface area (Å²) in [7, 11) is -5.65. The summed E-state index contributed by atoms with van der Waals surface area (Å²) < 4.78 is 82.1. The first-order valence-corrected chi connectivity index (χ1v) is 10.9. The maximum Gasteiger partial charge on any atom is 0.534 e. The molecule has 1 aliphatic heterocycles. The molecule has 0 aromatic heterocycles. The van der Waals surface area contributed by atoms with Crippen LogP contribution in [0.4, 0.5) is 13.2 Å². The number of alkyl halides is 3. The van der Waals surface area contributed by atoms with Crippen LogP contribution < -0.4 is 25.4 Å². The van der Waals surface area contributed by atoms with E-state index in [9.17, 15) is 21.6 Å². The number of benzene rings is 1. The monoisotopic (exact) mass is 507 g/mol. The zero-order valence-corrected chi connectivity index (χ0v) is 16.3. The van der Waals surface area contributed by atoms with Crippen molar-refractivity contribution in [2.24, 2.45) is 0 Å². The van der Waals surface area contributed by atoms with E-state index >= 15 is 0 Å². The summed E-state index contributed by atoms with van der Waals surface area (Å²) in [5.74, 6) is 2.53. The fourth-order valence-corrected chi connectivity index (χ4v) is 3.58. The summed E-state index contributed by atoms with van der Waals surface area (Å²) in [5.41, 5.74) is -5.46. The molecule has 0 bridgehead atoms. The van der Waals surface area contributed by atoms with Gasteiger partial charge in [0, 0.05) is 6.42 Å². The highest BCUT2D eigenvalue weighted by molar-refractivity contribution is 7.87. The molecule has 1 aliphatic rings. The summed E-state index contributed by atoms with van der Waals surface area (Å²) in [6, 6.07) is 5.31. The second kappa shape index (κ2) is 9.75. The Morgan fingerprint density at radius 3 is 2.46 bits per heavy atom. The fourth-order valence-electron chi connectivity index (χ4n) is 1.63. The van der Waals surface area contributed by atoms with E-state index < -0.39 is 49.1 Å². The highest BCUT2D eigenvalue weighted by atomic mass is 127. The molecular weight excluding hydrogens is 492 g/mol. The van der Waals surface area contributed by atoms with Crippen molar-refractivity contribution in [2.45, 2.75) is 24.8 Å². The van der Waals surface area contributed by atoms with Gasteiger partial charge in [-0.25, -0.2) is 0 Å². The third kappa shape index (κ3) is 6.92. The van der Waals surface area contributed by atoms with Gasteiger partial charge in [-0.1, -0.05) is 0 Å². The highest BCUT2D eigenvalue weighted by Crippen LogP contribution is 2.26. The lowest BCUT2D eigenvalue weighted by molar-refractivity contribution is -0.535. The molecule has 0 atom stereocenters. The number of hydrogen-bond donors (Lipinski definition) is 0. The van der Waals surface area contributed by atoms with Crippen molar-refractivity contribution in [3.05, 3.63) is 27.8 Å². The van der Waals surface area contributed by atoms with Crippen molar-refractivity contribution in [2.75, 3.05) is 19.8 Å². The Hall–Kier alpha value is -1.07. The van der Waals surface area contributed by atoms with E-state index in [1.54, 1.807) is 0 Å². The van der Waals surface area contributed by atoms with Crippen molar-refractivity contribution < 1.29 is 61.2 Å². The van der Waals surface area contributed by atoms with Crippen LogP contribution in [-0.4, -0.2) is 40.2 Å². The number of rotatable bonds is 6. The molecule has 26 heavy (non-hydrogen) atoms. The molecule has 1 aromatic rings. The predicted octanol–water partition coefficient (Wildman–Crippen LogP) is -0.738. The topological polar surface area (TPSA) is 71.1 Å². The van der Waals surface area contributed by atoms with Crippen molar-refractivity contribution >= 4 is 10.1 Å². The number of hydrogen-bond acceptors (Lipinski definition) is 6. The summed E-state index contributed by atoms with van der Waals surface area (Å²) in [5, 5.41) is 0. The van der Waals surface area contributed by atoms with Crippen LogP contribution in [0, 0.1) is 13.4 Å². The largest absolute Gasteiger partial charge is 0.534 e. The molecule has 144 valence electrons. The Kier molecular flexibility index (Phi) is 7.96.